The Balaban J connectivity index is 2.10. The molecule has 2 N–H and O–H groups in total. The number of nitrogens with two attached hydrogens (primary N) is 1. The van der Waals surface area contributed by atoms with E-state index in [0.717, 1.165) is 19.2 Å². The topological polar surface area (TPSA) is 77.0 Å². The second-order valence-corrected chi connectivity index (χ2v) is 5.19. The van der Waals surface area contributed by atoms with Crippen LogP contribution in [0, 0.1) is 5.82 Å². The number of rotatable bonds is 2. The Morgan fingerprint density at radius 1 is 1.48 bits per heavy atom. The third-order valence-electron chi connectivity index (χ3n) is 3.67. The first-order chi connectivity index (χ1) is 10.1. The molecule has 0 bridgehead atoms. The van der Waals surface area contributed by atoms with Crippen LogP contribution in [0.5, 0.6) is 0 Å². The van der Waals surface area contributed by atoms with E-state index in [9.17, 15) is 9.18 Å². The molecule has 0 aromatic carbocycles. The van der Waals surface area contributed by atoms with Crippen LogP contribution in [0.4, 0.5) is 10.3 Å². The highest BCUT2D eigenvalue weighted by molar-refractivity contribution is 5.60. The molecule has 3 rings (SSSR count). The first kappa shape index (κ1) is 13.7. The number of halogens is 1. The van der Waals surface area contributed by atoms with Gasteiger partial charge < -0.3 is 10.6 Å². The van der Waals surface area contributed by atoms with Crippen LogP contribution in [-0.2, 0) is 7.05 Å². The normalized spacial score (nSPS) is 18.2. The van der Waals surface area contributed by atoms with Crippen LogP contribution in [0.3, 0.4) is 0 Å². The van der Waals surface area contributed by atoms with Gasteiger partial charge in [0.05, 0.1) is 11.9 Å². The van der Waals surface area contributed by atoms with Crippen molar-refractivity contribution in [3.05, 3.63) is 40.7 Å². The number of anilines is 1. The molecule has 0 amide bonds. The number of hydrogen-bond donors (Lipinski definition) is 1. The molecular formula is C14H16FN5O. The van der Waals surface area contributed by atoms with Crippen LogP contribution in [0.2, 0.25) is 0 Å². The molecule has 21 heavy (non-hydrogen) atoms. The van der Waals surface area contributed by atoms with Gasteiger partial charge in [-0.3, -0.25) is 14.3 Å². The molecule has 1 atom stereocenters. The summed E-state index contributed by atoms with van der Waals surface area (Å²) in [6.45, 7) is 1.38. The van der Waals surface area contributed by atoms with E-state index in [1.165, 1.54) is 22.9 Å². The quantitative estimate of drug-likeness (QED) is 0.872. The fourth-order valence-corrected chi connectivity index (χ4v) is 2.50. The highest BCUT2D eigenvalue weighted by Gasteiger charge is 2.23. The van der Waals surface area contributed by atoms with Gasteiger partial charge in [-0.15, -0.1) is 0 Å². The summed E-state index contributed by atoms with van der Waals surface area (Å²) >= 11 is 0. The predicted molar refractivity (Wildman–Crippen MR) is 77.5 cm³/mol. The summed E-state index contributed by atoms with van der Waals surface area (Å²) in [4.78, 5) is 22.2. The SMILES string of the molecule is Cn1c(N2CCC(N)C2)nc(-c2ccncc2F)cc1=O. The fraction of sp³-hybridized carbons (Fsp3) is 0.357. The van der Waals surface area contributed by atoms with E-state index in [1.54, 1.807) is 7.05 Å². The van der Waals surface area contributed by atoms with Gasteiger partial charge >= 0.3 is 0 Å². The second kappa shape index (κ2) is 5.25. The van der Waals surface area contributed by atoms with E-state index in [-0.39, 0.29) is 17.2 Å². The number of nitrogens with zero attached hydrogens (tertiary/aromatic N) is 4. The molecule has 1 fully saturated rings. The van der Waals surface area contributed by atoms with Crippen molar-refractivity contribution in [3.8, 4) is 11.3 Å². The zero-order valence-electron chi connectivity index (χ0n) is 11.7. The Morgan fingerprint density at radius 3 is 2.95 bits per heavy atom. The number of hydrogen-bond acceptors (Lipinski definition) is 5. The molecule has 1 saturated heterocycles. The Morgan fingerprint density at radius 2 is 2.29 bits per heavy atom. The highest BCUT2D eigenvalue weighted by Crippen LogP contribution is 2.22. The number of aromatic nitrogens is 3. The van der Waals surface area contributed by atoms with Crippen molar-refractivity contribution in [1.29, 1.82) is 0 Å². The zero-order valence-corrected chi connectivity index (χ0v) is 11.7. The molecule has 6 nitrogen and oxygen atoms in total. The predicted octanol–water partition coefficient (Wildman–Crippen LogP) is 0.519. The van der Waals surface area contributed by atoms with Crippen molar-refractivity contribution in [2.24, 2.45) is 12.8 Å². The van der Waals surface area contributed by atoms with Crippen molar-refractivity contribution in [2.45, 2.75) is 12.5 Å². The van der Waals surface area contributed by atoms with Gasteiger partial charge in [-0.1, -0.05) is 0 Å². The molecule has 1 aliphatic rings. The summed E-state index contributed by atoms with van der Waals surface area (Å²) in [5.41, 5.74) is 6.25. The van der Waals surface area contributed by atoms with E-state index >= 15 is 0 Å². The Labute approximate surface area is 121 Å². The van der Waals surface area contributed by atoms with Crippen molar-refractivity contribution < 1.29 is 4.39 Å². The second-order valence-electron chi connectivity index (χ2n) is 5.19. The first-order valence-electron chi connectivity index (χ1n) is 6.75. The molecular weight excluding hydrogens is 273 g/mol. The van der Waals surface area contributed by atoms with Crippen molar-refractivity contribution >= 4 is 5.95 Å². The molecule has 2 aromatic heterocycles. The van der Waals surface area contributed by atoms with E-state index < -0.39 is 5.82 Å². The average molecular weight is 289 g/mol. The smallest absolute Gasteiger partial charge is 0.255 e. The first-order valence-corrected chi connectivity index (χ1v) is 6.75. The maximum atomic E-state index is 13.8. The van der Waals surface area contributed by atoms with Crippen LogP contribution in [0.25, 0.3) is 11.3 Å². The van der Waals surface area contributed by atoms with Crippen LogP contribution >= 0.6 is 0 Å². The maximum absolute atomic E-state index is 13.8. The molecule has 1 aliphatic heterocycles. The number of pyridine rings is 1. The Bertz CT molecular complexity index is 730. The minimum Gasteiger partial charge on any atom is -0.341 e. The molecule has 7 heteroatoms. The lowest BCUT2D eigenvalue weighted by Gasteiger charge is -2.20. The average Bonchev–Trinajstić information content (AvgIpc) is 2.89. The highest BCUT2D eigenvalue weighted by atomic mass is 19.1. The molecule has 110 valence electrons. The molecule has 0 saturated carbocycles. The van der Waals surface area contributed by atoms with Crippen LogP contribution in [-0.4, -0.2) is 33.7 Å². The maximum Gasteiger partial charge on any atom is 0.255 e. The third-order valence-corrected chi connectivity index (χ3v) is 3.67. The van der Waals surface area contributed by atoms with Gasteiger partial charge in [0.1, 0.15) is 0 Å². The summed E-state index contributed by atoms with van der Waals surface area (Å²) in [6.07, 6.45) is 3.44. The Hall–Kier alpha value is -2.28. The molecule has 0 aliphatic carbocycles. The Kier molecular flexibility index (Phi) is 3.42. The largest absolute Gasteiger partial charge is 0.341 e. The molecule has 1 unspecified atom stereocenters. The standard InChI is InChI=1S/C14H16FN5O/c1-19-13(21)6-12(10-2-4-17-7-11(10)15)18-14(19)20-5-3-9(16)8-20/h2,4,6-7,9H,3,5,8,16H2,1H3. The van der Waals surface area contributed by atoms with Gasteiger partial charge in [-0.25, -0.2) is 9.37 Å². The van der Waals surface area contributed by atoms with Crippen LogP contribution in [0.15, 0.2) is 29.3 Å². The van der Waals surface area contributed by atoms with Crippen LogP contribution in [0.1, 0.15) is 6.42 Å². The van der Waals surface area contributed by atoms with E-state index in [0.29, 0.717) is 18.2 Å². The van der Waals surface area contributed by atoms with Gasteiger partial charge in [0.15, 0.2) is 5.82 Å². The van der Waals surface area contributed by atoms with E-state index in [1.807, 2.05) is 4.90 Å². The van der Waals surface area contributed by atoms with Crippen molar-refractivity contribution in [3.63, 3.8) is 0 Å². The lowest BCUT2D eigenvalue weighted by atomic mass is 10.2. The van der Waals surface area contributed by atoms with Crippen molar-refractivity contribution in [1.82, 2.24) is 14.5 Å². The summed E-state index contributed by atoms with van der Waals surface area (Å²) in [5.74, 6) is 0.0176. The van der Waals surface area contributed by atoms with Gasteiger partial charge in [-0.05, 0) is 12.5 Å². The minimum absolute atomic E-state index is 0.0724. The summed E-state index contributed by atoms with van der Waals surface area (Å²) in [6, 6.07) is 2.91. The van der Waals surface area contributed by atoms with Gasteiger partial charge in [0, 0.05) is 44.0 Å². The van der Waals surface area contributed by atoms with E-state index in [4.69, 9.17) is 5.73 Å². The van der Waals surface area contributed by atoms with Gasteiger partial charge in [0.2, 0.25) is 5.95 Å². The minimum atomic E-state index is -0.498. The monoisotopic (exact) mass is 289 g/mol. The summed E-state index contributed by atoms with van der Waals surface area (Å²) < 4.78 is 15.3. The van der Waals surface area contributed by atoms with Gasteiger partial charge in [-0.2, -0.15) is 0 Å². The van der Waals surface area contributed by atoms with E-state index in [2.05, 4.69) is 9.97 Å². The lowest BCUT2D eigenvalue weighted by molar-refractivity contribution is 0.624. The molecule has 2 aromatic rings. The van der Waals surface area contributed by atoms with Crippen molar-refractivity contribution in [2.75, 3.05) is 18.0 Å². The zero-order chi connectivity index (χ0) is 15.0. The fourth-order valence-electron chi connectivity index (χ4n) is 2.50. The summed E-state index contributed by atoms with van der Waals surface area (Å²) in [7, 11) is 1.65. The third kappa shape index (κ3) is 2.52. The van der Waals surface area contributed by atoms with Crippen LogP contribution < -0.4 is 16.2 Å². The van der Waals surface area contributed by atoms with Gasteiger partial charge in [0.25, 0.3) is 5.56 Å². The molecule has 0 radical (unpaired) electrons. The molecule has 0 spiro atoms. The molecule has 3 heterocycles. The summed E-state index contributed by atoms with van der Waals surface area (Å²) in [5, 5.41) is 0. The lowest BCUT2D eigenvalue weighted by Crippen LogP contribution is -2.32.